The summed E-state index contributed by atoms with van der Waals surface area (Å²) < 4.78 is 12.0. The van der Waals surface area contributed by atoms with Gasteiger partial charge in [-0.2, -0.15) is 15.2 Å². The molecule has 43 heavy (non-hydrogen) atoms. The lowest BCUT2D eigenvalue weighted by atomic mass is 10.1. The minimum Gasteiger partial charge on any atom is -0.462 e. The SMILES string of the molecule is Cc1c(Cl)cncc1N1CCCc2c(nc(OC[C@@H]3CCCN3C)nc2N2CCN(C(=O)OC(C)(C)C)C(CC#N)C2)C1. The van der Waals surface area contributed by atoms with E-state index in [0.29, 0.717) is 49.9 Å². The lowest BCUT2D eigenvalue weighted by molar-refractivity contribution is 0.0144. The van der Waals surface area contributed by atoms with Gasteiger partial charge >= 0.3 is 12.1 Å². The Bertz CT molecular complexity index is 1360. The van der Waals surface area contributed by atoms with Crippen molar-refractivity contribution in [2.75, 3.05) is 56.2 Å². The van der Waals surface area contributed by atoms with Crippen LogP contribution in [0, 0.1) is 18.3 Å². The van der Waals surface area contributed by atoms with Gasteiger partial charge in [-0.25, -0.2) is 4.79 Å². The average molecular weight is 611 g/mol. The fraction of sp³-hybridized carbons (Fsp3) is 0.645. The monoisotopic (exact) mass is 610 g/mol. The number of ether oxygens (including phenoxy) is 2. The number of amides is 1. The van der Waals surface area contributed by atoms with E-state index in [9.17, 15) is 10.1 Å². The third-order valence-electron chi connectivity index (χ3n) is 8.53. The van der Waals surface area contributed by atoms with Crippen molar-refractivity contribution in [1.29, 1.82) is 5.26 Å². The largest absolute Gasteiger partial charge is 0.462 e. The van der Waals surface area contributed by atoms with E-state index >= 15 is 0 Å². The van der Waals surface area contributed by atoms with Crippen LogP contribution >= 0.6 is 11.6 Å². The van der Waals surface area contributed by atoms with Crippen LogP contribution in [0.5, 0.6) is 6.01 Å². The second-order valence-electron chi connectivity index (χ2n) is 12.8. The molecule has 0 aromatic carbocycles. The number of piperazine rings is 1. The van der Waals surface area contributed by atoms with Crippen LogP contribution in [-0.2, 0) is 17.7 Å². The normalized spacial score (nSPS) is 21.3. The molecule has 2 atom stereocenters. The fourth-order valence-electron chi connectivity index (χ4n) is 6.18. The summed E-state index contributed by atoms with van der Waals surface area (Å²) in [5, 5.41) is 10.3. The molecule has 0 spiro atoms. The van der Waals surface area contributed by atoms with E-state index in [4.69, 9.17) is 31.0 Å². The van der Waals surface area contributed by atoms with E-state index in [1.54, 1.807) is 11.1 Å². The molecule has 2 aromatic rings. The van der Waals surface area contributed by atoms with Crippen LogP contribution in [-0.4, -0.2) is 94.9 Å². The Labute approximate surface area is 259 Å². The highest BCUT2D eigenvalue weighted by Crippen LogP contribution is 2.34. The summed E-state index contributed by atoms with van der Waals surface area (Å²) in [7, 11) is 2.13. The maximum atomic E-state index is 13.0. The summed E-state index contributed by atoms with van der Waals surface area (Å²) in [4.78, 5) is 35.8. The summed E-state index contributed by atoms with van der Waals surface area (Å²) in [5.74, 6) is 0.828. The van der Waals surface area contributed by atoms with Crippen molar-refractivity contribution in [3.63, 3.8) is 0 Å². The van der Waals surface area contributed by atoms with Gasteiger partial charge in [0.1, 0.15) is 18.0 Å². The predicted octanol–water partition coefficient (Wildman–Crippen LogP) is 4.60. The van der Waals surface area contributed by atoms with Gasteiger partial charge in [-0.1, -0.05) is 11.6 Å². The van der Waals surface area contributed by atoms with E-state index < -0.39 is 5.60 Å². The number of aromatic nitrogens is 3. The topological polar surface area (TPSA) is 111 Å². The van der Waals surface area contributed by atoms with Crippen LogP contribution in [0.2, 0.25) is 5.02 Å². The zero-order chi connectivity index (χ0) is 30.7. The van der Waals surface area contributed by atoms with Crippen molar-refractivity contribution >= 4 is 29.2 Å². The molecule has 11 nitrogen and oxygen atoms in total. The molecule has 3 aliphatic rings. The highest BCUT2D eigenvalue weighted by atomic mass is 35.5. The highest BCUT2D eigenvalue weighted by molar-refractivity contribution is 6.31. The zero-order valence-electron chi connectivity index (χ0n) is 26.0. The third kappa shape index (κ3) is 7.24. The smallest absolute Gasteiger partial charge is 0.410 e. The van der Waals surface area contributed by atoms with Gasteiger partial charge in [0.15, 0.2) is 0 Å². The summed E-state index contributed by atoms with van der Waals surface area (Å²) in [5.41, 5.74) is 3.38. The number of carbonyl (C=O) groups excluding carboxylic acids is 1. The molecular weight excluding hydrogens is 568 g/mol. The highest BCUT2D eigenvalue weighted by Gasteiger charge is 2.36. The molecule has 3 aliphatic heterocycles. The van der Waals surface area contributed by atoms with Crippen LogP contribution < -0.4 is 14.5 Å². The number of nitrogens with zero attached hydrogens (tertiary/aromatic N) is 8. The second-order valence-corrected chi connectivity index (χ2v) is 13.2. The van der Waals surface area contributed by atoms with E-state index in [-0.39, 0.29) is 18.6 Å². The Morgan fingerprint density at radius 1 is 1.12 bits per heavy atom. The van der Waals surface area contributed by atoms with Gasteiger partial charge in [0.2, 0.25) is 0 Å². The molecule has 12 heteroatoms. The number of fused-ring (bicyclic) bond motifs is 1. The molecule has 5 heterocycles. The lowest BCUT2D eigenvalue weighted by Crippen LogP contribution is -2.56. The lowest BCUT2D eigenvalue weighted by Gasteiger charge is -2.42. The van der Waals surface area contributed by atoms with Gasteiger partial charge in [0.25, 0.3) is 0 Å². The molecule has 0 saturated carbocycles. The summed E-state index contributed by atoms with van der Waals surface area (Å²) in [6, 6.07) is 2.64. The Balaban J connectivity index is 1.46. The molecule has 0 bridgehead atoms. The van der Waals surface area contributed by atoms with E-state index in [0.717, 1.165) is 67.1 Å². The quantitative estimate of drug-likeness (QED) is 0.460. The number of likely N-dealkylation sites (tertiary alicyclic amines) is 1. The van der Waals surface area contributed by atoms with Crippen LogP contribution in [0.15, 0.2) is 12.4 Å². The number of pyridine rings is 1. The van der Waals surface area contributed by atoms with E-state index in [1.165, 1.54) is 0 Å². The number of hydrogen-bond donors (Lipinski definition) is 0. The van der Waals surface area contributed by atoms with Crippen LogP contribution in [0.1, 0.15) is 63.3 Å². The molecule has 1 unspecified atom stereocenters. The summed E-state index contributed by atoms with van der Waals surface area (Å²) in [6.45, 7) is 12.0. The third-order valence-corrected chi connectivity index (χ3v) is 8.91. The maximum absolute atomic E-state index is 13.0. The Kier molecular flexibility index (Phi) is 9.47. The fourth-order valence-corrected chi connectivity index (χ4v) is 6.33. The minimum atomic E-state index is -0.613. The summed E-state index contributed by atoms with van der Waals surface area (Å²) >= 11 is 6.44. The van der Waals surface area contributed by atoms with Crippen LogP contribution in [0.3, 0.4) is 0 Å². The first-order valence-corrected chi connectivity index (χ1v) is 15.6. The number of halogens is 1. The Hall–Kier alpha value is -3.36. The second kappa shape index (κ2) is 13.1. The van der Waals surface area contributed by atoms with E-state index in [1.807, 2.05) is 33.9 Å². The number of likely N-dealkylation sites (N-methyl/N-ethyl adjacent to an activating group) is 1. The Morgan fingerprint density at radius 3 is 2.65 bits per heavy atom. The van der Waals surface area contributed by atoms with Gasteiger partial charge in [0, 0.05) is 44.0 Å². The average Bonchev–Trinajstić information content (AvgIpc) is 3.24. The molecule has 5 rings (SSSR count). The predicted molar refractivity (Wildman–Crippen MR) is 166 cm³/mol. The number of carbonyl (C=O) groups is 1. The molecule has 1 amide bonds. The molecule has 0 N–H and O–H groups in total. The van der Waals surface area contributed by atoms with Gasteiger partial charge in [-0.3, -0.25) is 4.98 Å². The molecule has 2 fully saturated rings. The maximum Gasteiger partial charge on any atom is 0.410 e. The standard InChI is InChI=1S/C31H43ClN8O3/c1-21-25(32)16-34-17-27(21)38-13-7-9-24-26(19-38)35-29(42-20-23-8-6-12-37(23)5)36-28(24)39-14-15-40(22(18-39)10-11-33)30(41)43-31(2,3)4/h16-17,22-23H,6-10,12-15,18-20H2,1-5H3/t22?,23-/m0/s1. The van der Waals surface area contributed by atoms with Gasteiger partial charge in [-0.15, -0.1) is 0 Å². The van der Waals surface area contributed by atoms with Crippen molar-refractivity contribution in [1.82, 2.24) is 24.8 Å². The molecule has 0 radical (unpaired) electrons. The van der Waals surface area contributed by atoms with E-state index in [2.05, 4.69) is 32.8 Å². The first kappa shape index (κ1) is 31.1. The van der Waals surface area contributed by atoms with Crippen molar-refractivity contribution < 1.29 is 14.3 Å². The number of rotatable bonds is 6. The molecular formula is C31H43ClN8O3. The number of anilines is 2. The number of nitriles is 1. The molecule has 2 saturated heterocycles. The first-order valence-electron chi connectivity index (χ1n) is 15.2. The van der Waals surface area contributed by atoms with Crippen molar-refractivity contribution in [3.05, 3.63) is 34.2 Å². The van der Waals surface area contributed by atoms with Crippen LogP contribution in [0.4, 0.5) is 16.3 Å². The van der Waals surface area contributed by atoms with Gasteiger partial charge in [-0.05, 0) is 72.5 Å². The molecule has 0 aliphatic carbocycles. The van der Waals surface area contributed by atoms with Gasteiger partial charge in [0.05, 0.1) is 47.7 Å². The molecule has 2 aromatic heterocycles. The van der Waals surface area contributed by atoms with Crippen molar-refractivity contribution in [3.8, 4) is 12.1 Å². The van der Waals surface area contributed by atoms with Crippen LogP contribution in [0.25, 0.3) is 0 Å². The zero-order valence-corrected chi connectivity index (χ0v) is 26.7. The van der Waals surface area contributed by atoms with Crippen molar-refractivity contribution in [2.24, 2.45) is 0 Å². The molecule has 232 valence electrons. The van der Waals surface area contributed by atoms with Gasteiger partial charge < -0.3 is 29.1 Å². The van der Waals surface area contributed by atoms with Crippen molar-refractivity contribution in [2.45, 2.75) is 84.0 Å². The Morgan fingerprint density at radius 2 is 1.93 bits per heavy atom. The summed E-state index contributed by atoms with van der Waals surface area (Å²) in [6.07, 6.45) is 7.31. The minimum absolute atomic E-state index is 0.204. The first-order chi connectivity index (χ1) is 20.5. The number of hydrogen-bond acceptors (Lipinski definition) is 10.